The molecule has 1 unspecified atom stereocenters. The van der Waals surface area contributed by atoms with Crippen molar-refractivity contribution in [1.29, 1.82) is 5.26 Å². The first kappa shape index (κ1) is 40.9. The number of carbonyl (C=O) groups is 5. The maximum atomic E-state index is 15.9. The molecule has 4 fully saturated rings. The van der Waals surface area contributed by atoms with Gasteiger partial charge in [0.15, 0.2) is 0 Å². The van der Waals surface area contributed by atoms with E-state index in [2.05, 4.69) is 53.8 Å². The minimum absolute atomic E-state index is 0.0782. The normalized spacial score (nSPS) is 25.0. The van der Waals surface area contributed by atoms with Gasteiger partial charge in [0.1, 0.15) is 29.8 Å². The molecule has 0 spiro atoms. The van der Waals surface area contributed by atoms with Crippen LogP contribution in [0.1, 0.15) is 95.6 Å². The van der Waals surface area contributed by atoms with Crippen LogP contribution in [0.2, 0.25) is 5.02 Å². The van der Waals surface area contributed by atoms with E-state index < -0.39 is 46.3 Å². The van der Waals surface area contributed by atoms with E-state index >= 15 is 4.39 Å². The van der Waals surface area contributed by atoms with Crippen molar-refractivity contribution in [2.24, 2.45) is 16.7 Å². The number of nitrogens with zero attached hydrogens (tertiary/aromatic N) is 6. The largest absolute Gasteiger partial charge is 0.489 e. The number of amides is 5. The third kappa shape index (κ3) is 6.90. The summed E-state index contributed by atoms with van der Waals surface area (Å²) in [5.74, 6) is -1.77. The third-order valence-corrected chi connectivity index (χ3v) is 14.3. The summed E-state index contributed by atoms with van der Waals surface area (Å²) >= 11 is 6.29. The molecule has 0 bridgehead atoms. The number of nitriles is 1. The zero-order chi connectivity index (χ0) is 43.1. The van der Waals surface area contributed by atoms with E-state index in [-0.39, 0.29) is 47.6 Å². The third-order valence-electron chi connectivity index (χ3n) is 14.0. The highest BCUT2D eigenvalue weighted by Gasteiger charge is 2.67. The Morgan fingerprint density at radius 2 is 1.51 bits per heavy atom. The molecule has 1 atom stereocenters. The topological polar surface area (TPSA) is 147 Å². The number of piperazine rings is 1. The number of anilines is 2. The summed E-state index contributed by atoms with van der Waals surface area (Å²) in [4.78, 5) is 74.3. The Morgan fingerprint density at radius 3 is 2.18 bits per heavy atom. The number of hydrogen-bond acceptors (Lipinski definition) is 10. The van der Waals surface area contributed by atoms with Crippen LogP contribution in [-0.4, -0.2) is 108 Å². The van der Waals surface area contributed by atoms with Crippen LogP contribution < -0.4 is 19.9 Å². The minimum Gasteiger partial charge on any atom is -0.489 e. The Kier molecular flexibility index (Phi) is 10.1. The molecule has 1 saturated carbocycles. The van der Waals surface area contributed by atoms with Crippen molar-refractivity contribution < 1.29 is 33.1 Å². The van der Waals surface area contributed by atoms with Gasteiger partial charge in [-0.1, -0.05) is 39.3 Å². The van der Waals surface area contributed by atoms with Gasteiger partial charge in [-0.25, -0.2) is 4.39 Å². The number of hydrogen-bond donors (Lipinski definition) is 1. The van der Waals surface area contributed by atoms with Gasteiger partial charge in [-0.15, -0.1) is 0 Å². The lowest BCUT2D eigenvalue weighted by Gasteiger charge is -2.65. The number of carbonyl (C=O) groups excluding carboxylic acids is 5. The molecule has 61 heavy (non-hydrogen) atoms. The van der Waals surface area contributed by atoms with Crippen LogP contribution in [0.4, 0.5) is 15.8 Å². The molecular weight excluding hydrogens is 801 g/mol. The lowest BCUT2D eigenvalue weighted by molar-refractivity contribution is -0.199. The highest BCUT2D eigenvalue weighted by Crippen LogP contribution is 2.59. The van der Waals surface area contributed by atoms with E-state index in [9.17, 15) is 29.2 Å². The number of ether oxygens (including phenoxy) is 1. The summed E-state index contributed by atoms with van der Waals surface area (Å²) in [5, 5.41) is 11.8. The molecule has 0 aromatic heterocycles. The summed E-state index contributed by atoms with van der Waals surface area (Å²) in [6.45, 7) is 14.3. The Balaban J connectivity index is 0.780. The number of fused-ring (bicyclic) bond motifs is 2. The van der Waals surface area contributed by atoms with Gasteiger partial charge in [-0.3, -0.25) is 39.1 Å². The summed E-state index contributed by atoms with van der Waals surface area (Å²) in [7, 11) is 0. The van der Waals surface area contributed by atoms with E-state index in [1.807, 2.05) is 17.0 Å². The predicted octanol–water partition coefficient (Wildman–Crippen LogP) is 5.63. The fourth-order valence-corrected chi connectivity index (χ4v) is 11.6. The standard InChI is InChI=1S/C46H49ClFN7O6/c1-45(2)43(46(3,4)44(45)61-31-7-5-27(23-49)34(47)22-31)54-25-28-19-30(21-35(48)38(28)42(54)60)53-17-15-51(16-18-53)24-26-11-13-52(14-12-26)29-6-8-32-33(20-29)41(59)55(40(32)58)36-9-10-37(56)50-39(36)57/h5-8,19-22,26,36,43-44H,9-18,24-25H2,1-4H3,(H,50,56,57)/t36?,43-,44-. The van der Waals surface area contributed by atoms with Gasteiger partial charge in [0.2, 0.25) is 11.8 Å². The van der Waals surface area contributed by atoms with Crippen molar-refractivity contribution in [2.75, 3.05) is 55.6 Å². The number of halogens is 2. The molecule has 3 aromatic rings. The van der Waals surface area contributed by atoms with Gasteiger partial charge < -0.3 is 19.4 Å². The van der Waals surface area contributed by atoms with Gasteiger partial charge in [0, 0.05) is 93.1 Å². The zero-order valence-corrected chi connectivity index (χ0v) is 35.6. The summed E-state index contributed by atoms with van der Waals surface area (Å²) < 4.78 is 22.4. The molecule has 15 heteroatoms. The smallest absolute Gasteiger partial charge is 0.262 e. The van der Waals surface area contributed by atoms with Gasteiger partial charge in [0.05, 0.1) is 27.3 Å². The summed E-state index contributed by atoms with van der Waals surface area (Å²) in [6.07, 6.45) is 1.88. The van der Waals surface area contributed by atoms with Crippen LogP contribution in [0, 0.1) is 33.9 Å². The fourth-order valence-electron chi connectivity index (χ4n) is 11.4. The lowest BCUT2D eigenvalue weighted by atomic mass is 9.49. The Labute approximate surface area is 359 Å². The molecule has 3 saturated heterocycles. The molecule has 0 radical (unpaired) electrons. The van der Waals surface area contributed by atoms with Crippen molar-refractivity contribution in [3.8, 4) is 11.8 Å². The first-order valence-electron chi connectivity index (χ1n) is 21.1. The van der Waals surface area contributed by atoms with Gasteiger partial charge in [0.25, 0.3) is 17.7 Å². The molecule has 5 aliphatic heterocycles. The van der Waals surface area contributed by atoms with Crippen LogP contribution in [0.3, 0.4) is 0 Å². The Hall–Kier alpha value is -5.52. The molecule has 13 nitrogen and oxygen atoms in total. The van der Waals surface area contributed by atoms with E-state index in [4.69, 9.17) is 16.3 Å². The van der Waals surface area contributed by atoms with Gasteiger partial charge in [-0.05, 0) is 73.2 Å². The van der Waals surface area contributed by atoms with Crippen molar-refractivity contribution in [3.05, 3.63) is 87.2 Å². The molecule has 318 valence electrons. The SMILES string of the molecule is CC1(C)[C@H](Oc2ccc(C#N)c(Cl)c2)C(C)(C)[C@H]1N1Cc2cc(N3CCN(CC4CCN(c5ccc6c(c5)C(=O)N(C5CCC(=O)NC5=O)C6=O)CC4)CC3)cc(F)c2C1=O. The monoisotopic (exact) mass is 849 g/mol. The van der Waals surface area contributed by atoms with Crippen molar-refractivity contribution in [1.82, 2.24) is 20.0 Å². The Morgan fingerprint density at radius 1 is 0.820 bits per heavy atom. The van der Waals surface area contributed by atoms with E-state index in [0.29, 0.717) is 34.4 Å². The number of nitrogens with one attached hydrogen (secondary N) is 1. The molecule has 5 heterocycles. The van der Waals surface area contributed by atoms with Crippen LogP contribution >= 0.6 is 11.6 Å². The van der Waals surface area contributed by atoms with Crippen LogP contribution in [0.5, 0.6) is 5.75 Å². The molecule has 5 amide bonds. The summed E-state index contributed by atoms with van der Waals surface area (Å²) in [6, 6.07) is 14.7. The van der Waals surface area contributed by atoms with E-state index in [1.54, 1.807) is 30.3 Å². The molecule has 1 N–H and O–H groups in total. The maximum Gasteiger partial charge on any atom is 0.262 e. The maximum absolute atomic E-state index is 15.9. The molecule has 3 aromatic carbocycles. The molecule has 9 rings (SSSR count). The second-order valence-corrected chi connectivity index (χ2v) is 19.0. The van der Waals surface area contributed by atoms with Gasteiger partial charge >= 0.3 is 0 Å². The van der Waals surface area contributed by atoms with Crippen LogP contribution in [0.15, 0.2) is 48.5 Å². The lowest BCUT2D eigenvalue weighted by Crippen LogP contribution is -2.74. The van der Waals surface area contributed by atoms with Crippen molar-refractivity contribution in [3.63, 3.8) is 0 Å². The number of benzene rings is 3. The van der Waals surface area contributed by atoms with Crippen molar-refractivity contribution >= 4 is 52.5 Å². The number of piperidine rings is 2. The second kappa shape index (κ2) is 15.1. The second-order valence-electron chi connectivity index (χ2n) is 18.6. The van der Waals surface area contributed by atoms with E-state index in [1.165, 1.54) is 6.07 Å². The average Bonchev–Trinajstić information content (AvgIpc) is 3.67. The fraction of sp³-hybridized carbons (Fsp3) is 0.478. The molecule has 1 aliphatic carbocycles. The van der Waals surface area contributed by atoms with Crippen LogP contribution in [-0.2, 0) is 16.1 Å². The first-order valence-corrected chi connectivity index (χ1v) is 21.5. The van der Waals surface area contributed by atoms with Gasteiger partial charge in [-0.2, -0.15) is 5.26 Å². The number of rotatable bonds is 8. The minimum atomic E-state index is -0.990. The number of imide groups is 2. The highest BCUT2D eigenvalue weighted by atomic mass is 35.5. The Bertz CT molecular complexity index is 2400. The van der Waals surface area contributed by atoms with Crippen LogP contribution in [0.25, 0.3) is 0 Å². The van der Waals surface area contributed by atoms with E-state index in [0.717, 1.165) is 74.9 Å². The quantitative estimate of drug-likeness (QED) is 0.283. The zero-order valence-electron chi connectivity index (χ0n) is 34.8. The highest BCUT2D eigenvalue weighted by molar-refractivity contribution is 6.31. The predicted molar refractivity (Wildman–Crippen MR) is 225 cm³/mol. The first-order chi connectivity index (χ1) is 29.1. The molecule has 6 aliphatic rings. The molecular formula is C46H49ClFN7O6. The summed E-state index contributed by atoms with van der Waals surface area (Å²) in [5.41, 5.74) is 2.54. The average molecular weight is 850 g/mol. The van der Waals surface area contributed by atoms with Crippen molar-refractivity contribution in [2.45, 2.75) is 78.1 Å².